The number of nitriles is 2. The first kappa shape index (κ1) is 19.9. The molecule has 3 N–H and O–H groups in total. The lowest BCUT2D eigenvalue weighted by Crippen LogP contribution is -2.10. The standard InChI is InChI=1S/C22H16N4O2S/c1-13-7-9-14(10-8-13)18-16(11-23)20(25)26-21(17(18)12-24)29-19(22(27)28)15-5-3-2-4-6-15/h2-10,19H,1H3,(H2,25,26)(H,27,28). The van der Waals surface area contributed by atoms with E-state index in [1.54, 1.807) is 42.5 Å². The maximum absolute atomic E-state index is 11.9. The van der Waals surface area contributed by atoms with Gasteiger partial charge in [-0.3, -0.25) is 4.79 Å². The van der Waals surface area contributed by atoms with Gasteiger partial charge in [-0.05, 0) is 18.1 Å². The van der Waals surface area contributed by atoms with Crippen LogP contribution in [-0.2, 0) is 4.79 Å². The fourth-order valence-electron chi connectivity index (χ4n) is 2.89. The number of carbonyl (C=O) groups is 1. The fourth-order valence-corrected chi connectivity index (χ4v) is 3.93. The van der Waals surface area contributed by atoms with Crippen molar-refractivity contribution in [2.45, 2.75) is 17.2 Å². The maximum Gasteiger partial charge on any atom is 0.321 e. The van der Waals surface area contributed by atoms with Gasteiger partial charge in [0.15, 0.2) is 0 Å². The van der Waals surface area contributed by atoms with Crippen LogP contribution in [0.15, 0.2) is 59.6 Å². The van der Waals surface area contributed by atoms with Gasteiger partial charge in [0.2, 0.25) is 0 Å². The minimum Gasteiger partial charge on any atom is -0.480 e. The van der Waals surface area contributed by atoms with Crippen molar-refractivity contribution in [3.8, 4) is 23.3 Å². The van der Waals surface area contributed by atoms with Crippen LogP contribution in [-0.4, -0.2) is 16.1 Å². The van der Waals surface area contributed by atoms with Crippen LogP contribution < -0.4 is 5.73 Å². The van der Waals surface area contributed by atoms with Crippen LogP contribution in [0.1, 0.15) is 27.5 Å². The topological polar surface area (TPSA) is 124 Å². The second kappa shape index (κ2) is 8.47. The molecule has 0 aliphatic carbocycles. The maximum atomic E-state index is 11.9. The second-order valence-corrected chi connectivity index (χ2v) is 7.36. The molecule has 0 spiro atoms. The molecular formula is C22H16N4O2S. The molecule has 0 aliphatic rings. The Kier molecular flexibility index (Phi) is 5.82. The van der Waals surface area contributed by atoms with Gasteiger partial charge in [0.25, 0.3) is 0 Å². The number of carboxylic acids is 1. The number of hydrogen-bond acceptors (Lipinski definition) is 6. The average molecular weight is 400 g/mol. The molecule has 7 heteroatoms. The molecule has 0 radical (unpaired) electrons. The van der Waals surface area contributed by atoms with E-state index >= 15 is 0 Å². The Balaban J connectivity index is 2.20. The number of aryl methyl sites for hydroxylation is 1. The first-order valence-corrected chi connectivity index (χ1v) is 9.49. The molecule has 2 aromatic carbocycles. The molecule has 1 aromatic heterocycles. The number of hydrogen-bond donors (Lipinski definition) is 2. The molecule has 0 saturated carbocycles. The molecule has 0 bridgehead atoms. The van der Waals surface area contributed by atoms with E-state index in [1.165, 1.54) is 0 Å². The van der Waals surface area contributed by atoms with Crippen LogP contribution in [0.25, 0.3) is 11.1 Å². The fraction of sp³-hybridized carbons (Fsp3) is 0.0909. The Morgan fingerprint density at radius 3 is 2.24 bits per heavy atom. The molecular weight excluding hydrogens is 384 g/mol. The molecule has 1 atom stereocenters. The number of aromatic nitrogens is 1. The SMILES string of the molecule is Cc1ccc(-c2c(C#N)c(N)nc(SC(C(=O)O)c3ccccc3)c2C#N)cc1. The number of thioether (sulfide) groups is 1. The van der Waals surface area contributed by atoms with Gasteiger partial charge in [-0.25, -0.2) is 4.98 Å². The Bertz CT molecular complexity index is 1150. The molecule has 0 saturated heterocycles. The molecule has 1 heterocycles. The van der Waals surface area contributed by atoms with Gasteiger partial charge in [-0.15, -0.1) is 0 Å². The van der Waals surface area contributed by atoms with Crippen molar-refractivity contribution in [1.29, 1.82) is 10.5 Å². The monoisotopic (exact) mass is 400 g/mol. The summed E-state index contributed by atoms with van der Waals surface area (Å²) in [5.41, 5.74) is 8.84. The van der Waals surface area contributed by atoms with E-state index in [9.17, 15) is 20.4 Å². The Labute approximate surface area is 172 Å². The van der Waals surface area contributed by atoms with Crippen molar-refractivity contribution in [3.63, 3.8) is 0 Å². The number of pyridine rings is 1. The van der Waals surface area contributed by atoms with Gasteiger partial charge in [0.1, 0.15) is 33.8 Å². The van der Waals surface area contributed by atoms with Crippen LogP contribution in [0.2, 0.25) is 0 Å². The quantitative estimate of drug-likeness (QED) is 0.612. The first-order chi connectivity index (χ1) is 14.0. The zero-order chi connectivity index (χ0) is 21.0. The molecule has 6 nitrogen and oxygen atoms in total. The van der Waals surface area contributed by atoms with Crippen LogP contribution in [0.3, 0.4) is 0 Å². The van der Waals surface area contributed by atoms with Gasteiger partial charge >= 0.3 is 5.97 Å². The van der Waals surface area contributed by atoms with Crippen LogP contribution >= 0.6 is 11.8 Å². The average Bonchev–Trinajstić information content (AvgIpc) is 2.72. The molecule has 3 rings (SSSR count). The molecule has 1 unspecified atom stereocenters. The number of rotatable bonds is 5. The van der Waals surface area contributed by atoms with E-state index in [2.05, 4.69) is 11.1 Å². The van der Waals surface area contributed by atoms with Crippen molar-refractivity contribution < 1.29 is 9.90 Å². The predicted octanol–water partition coefficient (Wildman–Crippen LogP) is 4.30. The Morgan fingerprint density at radius 2 is 1.69 bits per heavy atom. The first-order valence-electron chi connectivity index (χ1n) is 8.61. The third-order valence-corrected chi connectivity index (χ3v) is 5.54. The van der Waals surface area contributed by atoms with Crippen LogP contribution in [0.5, 0.6) is 0 Å². The lowest BCUT2D eigenvalue weighted by molar-refractivity contribution is -0.136. The van der Waals surface area contributed by atoms with Crippen LogP contribution in [0, 0.1) is 29.6 Å². The third kappa shape index (κ3) is 4.06. The lowest BCUT2D eigenvalue weighted by atomic mass is 9.96. The van der Waals surface area contributed by atoms with Crippen LogP contribution in [0.4, 0.5) is 5.82 Å². The summed E-state index contributed by atoms with van der Waals surface area (Å²) in [7, 11) is 0. The summed E-state index contributed by atoms with van der Waals surface area (Å²) in [5.74, 6) is -1.10. The highest BCUT2D eigenvalue weighted by Crippen LogP contribution is 2.41. The number of benzene rings is 2. The summed E-state index contributed by atoms with van der Waals surface area (Å²) in [6.07, 6.45) is 0. The van der Waals surface area contributed by atoms with Crippen molar-refractivity contribution in [3.05, 3.63) is 76.9 Å². The van der Waals surface area contributed by atoms with E-state index in [0.29, 0.717) is 16.7 Å². The second-order valence-electron chi connectivity index (χ2n) is 6.26. The molecule has 3 aromatic rings. The summed E-state index contributed by atoms with van der Waals surface area (Å²) in [6.45, 7) is 1.93. The summed E-state index contributed by atoms with van der Waals surface area (Å²) in [5, 5.41) is 28.4. The van der Waals surface area contributed by atoms with Gasteiger partial charge in [-0.1, -0.05) is 71.9 Å². The predicted molar refractivity (Wildman–Crippen MR) is 111 cm³/mol. The molecule has 0 amide bonds. The Morgan fingerprint density at radius 1 is 1.07 bits per heavy atom. The van der Waals surface area contributed by atoms with E-state index in [4.69, 9.17) is 5.73 Å². The summed E-state index contributed by atoms with van der Waals surface area (Å²) < 4.78 is 0. The molecule has 29 heavy (non-hydrogen) atoms. The van der Waals surface area contributed by atoms with Crippen molar-refractivity contribution >= 4 is 23.5 Å². The normalized spacial score (nSPS) is 11.3. The van der Waals surface area contributed by atoms with Crippen molar-refractivity contribution in [2.24, 2.45) is 0 Å². The zero-order valence-corrected chi connectivity index (χ0v) is 16.3. The smallest absolute Gasteiger partial charge is 0.321 e. The van der Waals surface area contributed by atoms with E-state index in [0.717, 1.165) is 17.3 Å². The van der Waals surface area contributed by atoms with Gasteiger partial charge in [0, 0.05) is 5.56 Å². The van der Waals surface area contributed by atoms with E-state index < -0.39 is 11.2 Å². The van der Waals surface area contributed by atoms with Crippen molar-refractivity contribution in [2.75, 3.05) is 5.73 Å². The summed E-state index contributed by atoms with van der Waals surface area (Å²) in [6, 6.07) is 20.1. The number of nitrogens with zero attached hydrogens (tertiary/aromatic N) is 3. The Hall–Kier alpha value is -3.81. The van der Waals surface area contributed by atoms with Gasteiger partial charge < -0.3 is 10.8 Å². The number of anilines is 1. The highest BCUT2D eigenvalue weighted by Gasteiger charge is 2.27. The molecule has 142 valence electrons. The van der Waals surface area contributed by atoms with Gasteiger partial charge in [-0.2, -0.15) is 10.5 Å². The molecule has 0 fully saturated rings. The minimum atomic E-state index is -1.06. The lowest BCUT2D eigenvalue weighted by Gasteiger charge is -2.16. The highest BCUT2D eigenvalue weighted by molar-refractivity contribution is 8.00. The largest absolute Gasteiger partial charge is 0.480 e. The minimum absolute atomic E-state index is 0.0400. The third-order valence-electron chi connectivity index (χ3n) is 4.31. The zero-order valence-electron chi connectivity index (χ0n) is 15.5. The molecule has 0 aliphatic heterocycles. The number of nitrogen functional groups attached to an aromatic ring is 1. The van der Waals surface area contributed by atoms with E-state index in [-0.39, 0.29) is 22.0 Å². The summed E-state index contributed by atoms with van der Waals surface area (Å²) in [4.78, 5) is 16.1. The number of aliphatic carboxylic acids is 1. The number of nitrogens with two attached hydrogens (primary N) is 1. The summed E-state index contributed by atoms with van der Waals surface area (Å²) >= 11 is 0.924. The number of carboxylic acid groups (broad SMARTS) is 1. The van der Waals surface area contributed by atoms with Gasteiger partial charge in [0.05, 0.1) is 5.56 Å². The van der Waals surface area contributed by atoms with E-state index in [1.807, 2.05) is 25.1 Å². The highest BCUT2D eigenvalue weighted by atomic mass is 32.2. The van der Waals surface area contributed by atoms with Crippen molar-refractivity contribution in [1.82, 2.24) is 4.98 Å².